The molecule has 0 aliphatic heterocycles. The number of benzene rings is 1. The van der Waals surface area contributed by atoms with Gasteiger partial charge >= 0.3 is 5.97 Å². The third-order valence-corrected chi connectivity index (χ3v) is 2.60. The lowest BCUT2D eigenvalue weighted by molar-refractivity contribution is -0.657. The number of halogens is 1. The Labute approximate surface area is 101 Å². The first-order valence-corrected chi connectivity index (χ1v) is 5.89. The molecule has 1 rings (SSSR count). The summed E-state index contributed by atoms with van der Waals surface area (Å²) >= 11 is 0. The second-order valence-corrected chi connectivity index (χ2v) is 4.12. The Morgan fingerprint density at radius 2 is 2.00 bits per heavy atom. The van der Waals surface area contributed by atoms with Crippen LogP contribution in [0, 0.1) is 5.82 Å². The molecule has 17 heavy (non-hydrogen) atoms. The van der Waals surface area contributed by atoms with Crippen LogP contribution in [0.25, 0.3) is 0 Å². The van der Waals surface area contributed by atoms with E-state index in [9.17, 15) is 9.18 Å². The highest BCUT2D eigenvalue weighted by atomic mass is 19.1. The Kier molecular flexibility index (Phi) is 5.63. The van der Waals surface area contributed by atoms with Gasteiger partial charge in [0.1, 0.15) is 5.82 Å². The van der Waals surface area contributed by atoms with Gasteiger partial charge in [-0.2, -0.15) is 5.90 Å². The fourth-order valence-corrected chi connectivity index (χ4v) is 1.76. The fourth-order valence-electron chi connectivity index (χ4n) is 1.76. The van der Waals surface area contributed by atoms with Crippen LogP contribution in [0.2, 0.25) is 0 Å². The van der Waals surface area contributed by atoms with Crippen LogP contribution in [0.3, 0.4) is 0 Å². The summed E-state index contributed by atoms with van der Waals surface area (Å²) in [6.07, 6.45) is 4.22. The van der Waals surface area contributed by atoms with Crippen molar-refractivity contribution in [1.29, 1.82) is 0 Å². The number of aryl methyl sites for hydroxylation is 1. The van der Waals surface area contributed by atoms with Gasteiger partial charge in [-0.05, 0) is 36.1 Å². The van der Waals surface area contributed by atoms with Gasteiger partial charge in [0.25, 0.3) is 0 Å². The fraction of sp³-hybridized carbons (Fsp3) is 0.462. The third kappa shape index (κ3) is 4.95. The molecule has 0 bridgehead atoms. The molecular formula is C13H19FNO2+. The summed E-state index contributed by atoms with van der Waals surface area (Å²) in [6, 6.07) is 4.74. The molecular weight excluding hydrogens is 221 g/mol. The SMILES string of the molecule is CCCCCc1cc(F)cc(CC(=O)O[NH3+])c1. The van der Waals surface area contributed by atoms with E-state index in [4.69, 9.17) is 0 Å². The van der Waals surface area contributed by atoms with Gasteiger partial charge in [0, 0.05) is 0 Å². The minimum atomic E-state index is -0.449. The Morgan fingerprint density at radius 1 is 1.29 bits per heavy atom. The van der Waals surface area contributed by atoms with E-state index in [-0.39, 0.29) is 12.2 Å². The predicted octanol–water partition coefficient (Wildman–Crippen LogP) is 1.80. The lowest BCUT2D eigenvalue weighted by atomic mass is 10.0. The molecule has 3 N–H and O–H groups in total. The van der Waals surface area contributed by atoms with Crippen LogP contribution in [-0.4, -0.2) is 5.97 Å². The van der Waals surface area contributed by atoms with Crippen LogP contribution in [0.1, 0.15) is 37.3 Å². The maximum atomic E-state index is 13.3. The van der Waals surface area contributed by atoms with E-state index >= 15 is 0 Å². The Bertz CT molecular complexity index is 380. The molecule has 0 aliphatic carbocycles. The largest absolute Gasteiger partial charge is 0.370 e. The average molecular weight is 240 g/mol. The molecule has 0 aromatic heterocycles. The highest BCUT2D eigenvalue weighted by Crippen LogP contribution is 2.13. The summed E-state index contributed by atoms with van der Waals surface area (Å²) in [5, 5.41) is 0. The second kappa shape index (κ2) is 7.01. The molecule has 0 aliphatic rings. The lowest BCUT2D eigenvalue weighted by Crippen LogP contribution is -2.51. The van der Waals surface area contributed by atoms with Crippen LogP contribution in [0.5, 0.6) is 0 Å². The average Bonchev–Trinajstić information content (AvgIpc) is 2.28. The lowest BCUT2D eigenvalue weighted by Gasteiger charge is -2.04. The number of quaternary nitrogens is 1. The summed E-state index contributed by atoms with van der Waals surface area (Å²) in [4.78, 5) is 15.4. The molecule has 0 unspecified atom stereocenters. The van der Waals surface area contributed by atoms with Gasteiger partial charge in [-0.25, -0.2) is 9.18 Å². The van der Waals surface area contributed by atoms with Crippen molar-refractivity contribution in [2.75, 3.05) is 0 Å². The number of hydrogen-bond acceptors (Lipinski definition) is 2. The second-order valence-electron chi connectivity index (χ2n) is 4.12. The maximum Gasteiger partial charge on any atom is 0.370 e. The Hall–Kier alpha value is -1.42. The van der Waals surface area contributed by atoms with E-state index in [1.165, 1.54) is 12.1 Å². The number of carbonyl (C=O) groups excluding carboxylic acids is 1. The molecule has 0 saturated carbocycles. The first-order chi connectivity index (χ1) is 8.15. The van der Waals surface area contributed by atoms with Crippen molar-refractivity contribution < 1.29 is 19.9 Å². The molecule has 0 fully saturated rings. The molecule has 4 heteroatoms. The van der Waals surface area contributed by atoms with E-state index in [1.54, 1.807) is 0 Å². The summed E-state index contributed by atoms with van der Waals surface area (Å²) in [7, 11) is 0. The third-order valence-electron chi connectivity index (χ3n) is 2.60. The molecule has 1 aromatic carbocycles. The Balaban J connectivity index is 2.68. The first kappa shape index (κ1) is 13.6. The van der Waals surface area contributed by atoms with Crippen molar-refractivity contribution in [3.05, 3.63) is 35.1 Å². The molecule has 94 valence electrons. The zero-order valence-electron chi connectivity index (χ0n) is 10.2. The highest BCUT2D eigenvalue weighted by molar-refractivity contribution is 5.71. The van der Waals surface area contributed by atoms with Crippen molar-refractivity contribution in [3.63, 3.8) is 0 Å². The maximum absolute atomic E-state index is 13.3. The normalized spacial score (nSPS) is 10.3. The van der Waals surface area contributed by atoms with Gasteiger partial charge in [0.05, 0.1) is 6.42 Å². The number of carbonyl (C=O) groups is 1. The van der Waals surface area contributed by atoms with Gasteiger partial charge in [-0.3, -0.25) is 4.84 Å². The highest BCUT2D eigenvalue weighted by Gasteiger charge is 2.08. The van der Waals surface area contributed by atoms with Crippen LogP contribution in [0.4, 0.5) is 4.39 Å². The van der Waals surface area contributed by atoms with Crippen molar-refractivity contribution in [2.24, 2.45) is 0 Å². The van der Waals surface area contributed by atoms with E-state index < -0.39 is 5.97 Å². The van der Waals surface area contributed by atoms with E-state index in [0.717, 1.165) is 31.2 Å². The Morgan fingerprint density at radius 3 is 2.65 bits per heavy atom. The monoisotopic (exact) mass is 240 g/mol. The number of hydrogen-bond donors (Lipinski definition) is 1. The molecule has 0 radical (unpaired) electrons. The molecule has 0 amide bonds. The summed E-state index contributed by atoms with van der Waals surface area (Å²) in [5.74, 6) is 2.29. The van der Waals surface area contributed by atoms with Crippen LogP contribution < -0.4 is 5.90 Å². The standard InChI is InChI=1S/C13H19FNO2/c1-2-3-4-5-10-6-11(8-12(14)7-10)9-13(16)17-15/h6-8H,2-5,9H2,1,15H3/q+1. The number of rotatable bonds is 6. The van der Waals surface area contributed by atoms with Crippen molar-refractivity contribution >= 4 is 5.97 Å². The van der Waals surface area contributed by atoms with Crippen LogP contribution in [-0.2, 0) is 22.5 Å². The van der Waals surface area contributed by atoms with Gasteiger partial charge in [0.2, 0.25) is 0 Å². The van der Waals surface area contributed by atoms with Gasteiger partial charge in [-0.15, -0.1) is 0 Å². The topological polar surface area (TPSA) is 53.9 Å². The summed E-state index contributed by atoms with van der Waals surface area (Å²) in [6.45, 7) is 2.13. The summed E-state index contributed by atoms with van der Waals surface area (Å²) in [5.41, 5.74) is 1.58. The molecule has 0 spiro atoms. The summed E-state index contributed by atoms with van der Waals surface area (Å²) < 4.78 is 13.3. The van der Waals surface area contributed by atoms with Gasteiger partial charge in [0.15, 0.2) is 0 Å². The predicted molar refractivity (Wildman–Crippen MR) is 62.3 cm³/mol. The van der Waals surface area contributed by atoms with E-state index in [1.807, 2.05) is 6.07 Å². The molecule has 3 nitrogen and oxygen atoms in total. The zero-order chi connectivity index (χ0) is 12.7. The van der Waals surface area contributed by atoms with Crippen LogP contribution in [0.15, 0.2) is 18.2 Å². The quantitative estimate of drug-likeness (QED) is 0.609. The smallest absolute Gasteiger partial charge is 0.281 e. The molecule has 0 atom stereocenters. The minimum Gasteiger partial charge on any atom is -0.281 e. The molecule has 0 heterocycles. The zero-order valence-corrected chi connectivity index (χ0v) is 10.2. The van der Waals surface area contributed by atoms with Crippen LogP contribution >= 0.6 is 0 Å². The van der Waals surface area contributed by atoms with Crippen molar-refractivity contribution in [1.82, 2.24) is 0 Å². The van der Waals surface area contributed by atoms with Gasteiger partial charge < -0.3 is 0 Å². The first-order valence-electron chi connectivity index (χ1n) is 5.89. The molecule has 0 saturated heterocycles. The molecule has 1 aromatic rings. The van der Waals surface area contributed by atoms with E-state index in [0.29, 0.717) is 5.56 Å². The van der Waals surface area contributed by atoms with Crippen molar-refractivity contribution in [3.8, 4) is 0 Å². The van der Waals surface area contributed by atoms with Gasteiger partial charge in [-0.1, -0.05) is 25.8 Å². The van der Waals surface area contributed by atoms with Crippen molar-refractivity contribution in [2.45, 2.75) is 39.0 Å². The minimum absolute atomic E-state index is 0.0715. The van der Waals surface area contributed by atoms with E-state index in [2.05, 4.69) is 17.7 Å². The number of unbranched alkanes of at least 4 members (excludes halogenated alkanes) is 2.